The van der Waals surface area contributed by atoms with Crippen molar-refractivity contribution in [3.05, 3.63) is 29.8 Å². The van der Waals surface area contributed by atoms with E-state index in [0.29, 0.717) is 18.9 Å². The van der Waals surface area contributed by atoms with Gasteiger partial charge < -0.3 is 9.64 Å². The lowest BCUT2D eigenvalue weighted by molar-refractivity contribution is 0.169. The molecule has 114 valence electrons. The van der Waals surface area contributed by atoms with Crippen molar-refractivity contribution >= 4 is 11.9 Å². The first-order valence-corrected chi connectivity index (χ1v) is 7.17. The normalized spacial score (nSPS) is 21.9. The molecule has 0 bridgehead atoms. The molecule has 0 spiro atoms. The molecule has 0 saturated carbocycles. The van der Waals surface area contributed by atoms with Crippen molar-refractivity contribution in [3.63, 3.8) is 0 Å². The van der Waals surface area contributed by atoms with Gasteiger partial charge in [0.2, 0.25) is 0 Å². The summed E-state index contributed by atoms with van der Waals surface area (Å²) >= 11 is 0. The average Bonchev–Trinajstić information content (AvgIpc) is 2.63. The zero-order chi connectivity index (χ0) is 15.6. The van der Waals surface area contributed by atoms with Gasteiger partial charge in [0.05, 0.1) is 7.11 Å². The van der Waals surface area contributed by atoms with Crippen LogP contribution in [0.5, 0.6) is 5.75 Å². The Bertz CT molecular complexity index is 539. The first-order chi connectivity index (χ1) is 9.86. The molecule has 5 nitrogen and oxygen atoms in total. The van der Waals surface area contributed by atoms with E-state index in [1.54, 1.807) is 12.0 Å². The van der Waals surface area contributed by atoms with Crippen LogP contribution in [0.3, 0.4) is 0 Å². The van der Waals surface area contributed by atoms with Crippen LogP contribution in [0.2, 0.25) is 0 Å². The number of amides is 2. The second-order valence-corrected chi connectivity index (χ2v) is 6.11. The van der Waals surface area contributed by atoms with Gasteiger partial charge in [-0.15, -0.1) is 0 Å². The van der Waals surface area contributed by atoms with Crippen LogP contribution in [0.1, 0.15) is 26.3 Å². The van der Waals surface area contributed by atoms with Crippen LogP contribution in [-0.2, 0) is 6.42 Å². The van der Waals surface area contributed by atoms with Crippen LogP contribution in [0.15, 0.2) is 24.3 Å². The van der Waals surface area contributed by atoms with Crippen molar-refractivity contribution in [2.45, 2.75) is 32.7 Å². The van der Waals surface area contributed by atoms with Crippen LogP contribution < -0.4 is 10.1 Å². The number of rotatable bonds is 5. The molecule has 1 aromatic carbocycles. The molecule has 0 aliphatic carbocycles. The number of ether oxygens (including phenoxy) is 1. The molecular formula is C16H23N3O2. The molecule has 0 aromatic heterocycles. The quantitative estimate of drug-likeness (QED) is 0.875. The van der Waals surface area contributed by atoms with Gasteiger partial charge in [-0.25, -0.2) is 4.79 Å². The number of hydrogen-bond acceptors (Lipinski definition) is 3. The number of carbonyl (C=O) groups is 1. The van der Waals surface area contributed by atoms with Gasteiger partial charge in [-0.3, -0.25) is 10.7 Å². The Labute approximate surface area is 125 Å². The fraction of sp³-hybridized carbons (Fsp3) is 0.500. The van der Waals surface area contributed by atoms with Gasteiger partial charge in [0.15, 0.2) is 0 Å². The van der Waals surface area contributed by atoms with Gasteiger partial charge in [0.25, 0.3) is 0 Å². The van der Waals surface area contributed by atoms with Crippen LogP contribution in [0.4, 0.5) is 4.79 Å². The van der Waals surface area contributed by atoms with Crippen molar-refractivity contribution in [2.75, 3.05) is 13.7 Å². The number of nitrogens with zero attached hydrogens (tertiary/aromatic N) is 1. The Hall–Kier alpha value is -2.04. The van der Waals surface area contributed by atoms with E-state index in [-0.39, 0.29) is 11.9 Å². The highest BCUT2D eigenvalue weighted by atomic mass is 16.5. The topological polar surface area (TPSA) is 65.4 Å². The monoisotopic (exact) mass is 289 g/mol. The van der Waals surface area contributed by atoms with Gasteiger partial charge in [-0.1, -0.05) is 26.0 Å². The van der Waals surface area contributed by atoms with Crippen molar-refractivity contribution in [2.24, 2.45) is 5.92 Å². The number of nitrogens with one attached hydrogen (secondary N) is 2. The van der Waals surface area contributed by atoms with Gasteiger partial charge in [0, 0.05) is 13.0 Å². The van der Waals surface area contributed by atoms with Crippen molar-refractivity contribution in [3.8, 4) is 5.75 Å². The largest absolute Gasteiger partial charge is 0.497 e. The third kappa shape index (κ3) is 3.01. The highest BCUT2D eigenvalue weighted by Gasteiger charge is 2.46. The van der Waals surface area contributed by atoms with E-state index in [2.05, 4.69) is 19.2 Å². The summed E-state index contributed by atoms with van der Waals surface area (Å²) in [5.74, 6) is 1.43. The van der Waals surface area contributed by atoms with Gasteiger partial charge in [0.1, 0.15) is 17.1 Å². The molecule has 1 atom stereocenters. The third-order valence-electron chi connectivity index (χ3n) is 3.87. The number of benzene rings is 1. The molecule has 1 aliphatic heterocycles. The molecule has 1 fully saturated rings. The first kappa shape index (κ1) is 15.4. The van der Waals surface area contributed by atoms with Crippen LogP contribution in [-0.4, -0.2) is 36.0 Å². The Balaban J connectivity index is 2.24. The van der Waals surface area contributed by atoms with Gasteiger partial charge in [-0.05, 0) is 30.5 Å². The number of hydrogen-bond donors (Lipinski definition) is 2. The van der Waals surface area contributed by atoms with Crippen molar-refractivity contribution in [1.82, 2.24) is 10.2 Å². The highest BCUT2D eigenvalue weighted by molar-refractivity contribution is 6.08. The SMILES string of the molecule is COc1ccc(CC2(C)C(=N)NC(=O)N2CC(C)C)cc1. The number of amidine groups is 1. The van der Waals surface area contributed by atoms with Gasteiger partial charge in [-0.2, -0.15) is 0 Å². The maximum Gasteiger partial charge on any atom is 0.323 e. The minimum Gasteiger partial charge on any atom is -0.497 e. The van der Waals surface area contributed by atoms with Crippen LogP contribution in [0.25, 0.3) is 0 Å². The summed E-state index contributed by atoms with van der Waals surface area (Å²) < 4.78 is 5.16. The Morgan fingerprint density at radius 3 is 2.48 bits per heavy atom. The van der Waals surface area contributed by atoms with Crippen LogP contribution in [0, 0.1) is 11.3 Å². The molecule has 2 N–H and O–H groups in total. The lowest BCUT2D eigenvalue weighted by atomic mass is 9.90. The molecule has 1 aliphatic rings. The molecule has 2 rings (SSSR count). The zero-order valence-electron chi connectivity index (χ0n) is 13.1. The molecule has 21 heavy (non-hydrogen) atoms. The second kappa shape index (κ2) is 5.76. The molecule has 0 radical (unpaired) electrons. The predicted molar refractivity (Wildman–Crippen MR) is 82.9 cm³/mol. The maximum absolute atomic E-state index is 12.1. The molecule has 1 unspecified atom stereocenters. The van der Waals surface area contributed by atoms with Crippen molar-refractivity contribution < 1.29 is 9.53 Å². The predicted octanol–water partition coefficient (Wildman–Crippen LogP) is 2.65. The summed E-state index contributed by atoms with van der Waals surface area (Å²) in [7, 11) is 1.63. The van der Waals surface area contributed by atoms with Crippen LogP contribution >= 0.6 is 0 Å². The van der Waals surface area contributed by atoms with E-state index in [1.807, 2.05) is 31.2 Å². The summed E-state index contributed by atoms with van der Waals surface area (Å²) in [6.45, 7) is 6.73. The number of urea groups is 1. The highest BCUT2D eigenvalue weighted by Crippen LogP contribution is 2.28. The smallest absolute Gasteiger partial charge is 0.323 e. The minimum atomic E-state index is -0.615. The molecule has 1 saturated heterocycles. The molecule has 2 amide bonds. The summed E-state index contributed by atoms with van der Waals surface area (Å²) in [5, 5.41) is 10.8. The first-order valence-electron chi connectivity index (χ1n) is 7.17. The number of methoxy groups -OCH3 is 1. The number of carbonyl (C=O) groups excluding carboxylic acids is 1. The average molecular weight is 289 g/mol. The maximum atomic E-state index is 12.1. The van der Waals surface area contributed by atoms with E-state index < -0.39 is 5.54 Å². The second-order valence-electron chi connectivity index (χ2n) is 6.11. The van der Waals surface area contributed by atoms with E-state index in [9.17, 15) is 4.79 Å². The third-order valence-corrected chi connectivity index (χ3v) is 3.87. The van der Waals surface area contributed by atoms with Crippen molar-refractivity contribution in [1.29, 1.82) is 5.41 Å². The minimum absolute atomic E-state index is 0.176. The molecule has 1 aromatic rings. The van der Waals surface area contributed by atoms with E-state index in [4.69, 9.17) is 10.1 Å². The van der Waals surface area contributed by atoms with E-state index >= 15 is 0 Å². The fourth-order valence-corrected chi connectivity index (χ4v) is 2.64. The summed E-state index contributed by atoms with van der Waals surface area (Å²) in [6, 6.07) is 7.59. The standard InChI is InChI=1S/C16H23N3O2/c1-11(2)10-19-15(20)18-14(17)16(19,3)9-12-5-7-13(21-4)8-6-12/h5-8,11H,9-10H2,1-4H3,(H2,17,18,20). The zero-order valence-corrected chi connectivity index (χ0v) is 13.1. The van der Waals surface area contributed by atoms with E-state index in [1.165, 1.54) is 0 Å². The summed E-state index contributed by atoms with van der Waals surface area (Å²) in [6.07, 6.45) is 0.612. The molecule has 5 heteroatoms. The summed E-state index contributed by atoms with van der Waals surface area (Å²) in [4.78, 5) is 13.8. The Kier molecular flexibility index (Phi) is 4.21. The lowest BCUT2D eigenvalue weighted by Gasteiger charge is -2.34. The van der Waals surface area contributed by atoms with Gasteiger partial charge >= 0.3 is 6.03 Å². The Morgan fingerprint density at radius 2 is 1.95 bits per heavy atom. The molecule has 1 heterocycles. The fourth-order valence-electron chi connectivity index (χ4n) is 2.64. The summed E-state index contributed by atoms with van der Waals surface area (Å²) in [5.41, 5.74) is 0.462. The Morgan fingerprint density at radius 1 is 1.33 bits per heavy atom. The lowest BCUT2D eigenvalue weighted by Crippen LogP contribution is -2.49. The van der Waals surface area contributed by atoms with E-state index in [0.717, 1.165) is 11.3 Å². The molecular weight excluding hydrogens is 266 g/mol.